The van der Waals surface area contributed by atoms with Gasteiger partial charge in [0.2, 0.25) is 0 Å². The molecule has 25 heavy (non-hydrogen) atoms. The molecule has 0 bridgehead atoms. The Labute approximate surface area is 147 Å². The topological polar surface area (TPSA) is 49.9 Å². The van der Waals surface area contributed by atoms with Gasteiger partial charge in [-0.05, 0) is 43.3 Å². The van der Waals surface area contributed by atoms with Crippen LogP contribution in [0.15, 0.2) is 48.5 Å². The van der Waals surface area contributed by atoms with Crippen molar-refractivity contribution in [2.24, 2.45) is 0 Å². The molecule has 0 unspecified atom stereocenters. The molecule has 0 saturated carbocycles. The summed E-state index contributed by atoms with van der Waals surface area (Å²) in [5.74, 6) is 0.678. The predicted molar refractivity (Wildman–Crippen MR) is 97.6 cm³/mol. The van der Waals surface area contributed by atoms with Crippen LogP contribution < -0.4 is 9.64 Å². The summed E-state index contributed by atoms with van der Waals surface area (Å²) in [6, 6.07) is 15.0. The number of anilines is 1. The molecular formula is C20H22N2O3. The minimum absolute atomic E-state index is 0.00373. The van der Waals surface area contributed by atoms with Crippen LogP contribution in [0.3, 0.4) is 0 Å². The molecule has 1 aliphatic heterocycles. The first-order valence-corrected chi connectivity index (χ1v) is 8.38. The van der Waals surface area contributed by atoms with E-state index >= 15 is 0 Å². The monoisotopic (exact) mass is 338 g/mol. The number of hydrogen-bond acceptors (Lipinski definition) is 4. The molecule has 5 nitrogen and oxygen atoms in total. The SMILES string of the molecule is COc1ccccc1C(=O)N1CCN(c2ccc(C(C)=O)cc2)CC1. The molecule has 0 N–H and O–H groups in total. The van der Waals surface area contributed by atoms with E-state index in [2.05, 4.69) is 4.90 Å². The van der Waals surface area contributed by atoms with Crippen LogP contribution in [0.2, 0.25) is 0 Å². The number of ether oxygens (including phenoxy) is 1. The van der Waals surface area contributed by atoms with Crippen LogP contribution >= 0.6 is 0 Å². The first-order chi connectivity index (χ1) is 12.1. The van der Waals surface area contributed by atoms with Crippen molar-refractivity contribution in [3.8, 4) is 5.75 Å². The van der Waals surface area contributed by atoms with Gasteiger partial charge >= 0.3 is 0 Å². The van der Waals surface area contributed by atoms with Crippen molar-refractivity contribution >= 4 is 17.4 Å². The summed E-state index contributed by atoms with van der Waals surface area (Å²) in [7, 11) is 1.58. The summed E-state index contributed by atoms with van der Waals surface area (Å²) in [5.41, 5.74) is 2.40. The van der Waals surface area contributed by atoms with Gasteiger partial charge in [-0.25, -0.2) is 0 Å². The lowest BCUT2D eigenvalue weighted by atomic mass is 10.1. The van der Waals surface area contributed by atoms with Crippen molar-refractivity contribution < 1.29 is 14.3 Å². The lowest BCUT2D eigenvalue weighted by Gasteiger charge is -2.36. The standard InChI is InChI=1S/C20H22N2O3/c1-15(23)16-7-9-17(10-8-16)21-11-13-22(14-12-21)20(24)18-5-3-4-6-19(18)25-2/h3-10H,11-14H2,1-2H3. The van der Waals surface area contributed by atoms with Crippen molar-refractivity contribution in [3.05, 3.63) is 59.7 Å². The van der Waals surface area contributed by atoms with E-state index in [0.29, 0.717) is 30.0 Å². The minimum atomic E-state index is 0.00373. The number of carbonyl (C=O) groups is 2. The maximum Gasteiger partial charge on any atom is 0.257 e. The van der Waals surface area contributed by atoms with Gasteiger partial charge in [-0.15, -0.1) is 0 Å². The highest BCUT2D eigenvalue weighted by Crippen LogP contribution is 2.22. The Balaban J connectivity index is 1.65. The fourth-order valence-corrected chi connectivity index (χ4v) is 3.07. The summed E-state index contributed by atoms with van der Waals surface area (Å²) in [4.78, 5) is 28.2. The van der Waals surface area contributed by atoms with Gasteiger partial charge in [-0.1, -0.05) is 12.1 Å². The molecule has 1 saturated heterocycles. The Morgan fingerprint density at radius 1 is 0.920 bits per heavy atom. The normalized spacial score (nSPS) is 14.3. The predicted octanol–water partition coefficient (Wildman–Crippen LogP) is 2.86. The number of amides is 1. The number of rotatable bonds is 4. The lowest BCUT2D eigenvalue weighted by Crippen LogP contribution is -2.48. The van der Waals surface area contributed by atoms with Gasteiger partial charge < -0.3 is 14.5 Å². The average molecular weight is 338 g/mol. The number of nitrogens with zero attached hydrogens (tertiary/aromatic N) is 2. The number of Topliss-reactive ketones (excluding diaryl/α,β-unsaturated/α-hetero) is 1. The molecule has 130 valence electrons. The van der Waals surface area contributed by atoms with Gasteiger partial charge in [0.1, 0.15) is 5.75 Å². The smallest absolute Gasteiger partial charge is 0.257 e. The molecule has 3 rings (SSSR count). The van der Waals surface area contributed by atoms with Crippen molar-refractivity contribution in [1.82, 2.24) is 4.90 Å². The molecule has 0 aromatic heterocycles. The highest BCUT2D eigenvalue weighted by Gasteiger charge is 2.24. The van der Waals surface area contributed by atoms with Crippen molar-refractivity contribution in [3.63, 3.8) is 0 Å². The third kappa shape index (κ3) is 3.65. The van der Waals surface area contributed by atoms with Crippen LogP contribution in [-0.4, -0.2) is 49.9 Å². The Bertz CT molecular complexity index is 763. The maximum atomic E-state index is 12.7. The lowest BCUT2D eigenvalue weighted by molar-refractivity contribution is 0.0743. The Morgan fingerprint density at radius 2 is 1.56 bits per heavy atom. The van der Waals surface area contributed by atoms with Gasteiger partial charge in [0.15, 0.2) is 5.78 Å². The largest absolute Gasteiger partial charge is 0.496 e. The van der Waals surface area contributed by atoms with Gasteiger partial charge in [-0.3, -0.25) is 9.59 Å². The Kier molecular flexibility index (Phi) is 5.03. The molecule has 1 amide bonds. The first kappa shape index (κ1) is 17.0. The number of piperazine rings is 1. The van der Waals surface area contributed by atoms with Crippen LogP contribution in [0.25, 0.3) is 0 Å². The van der Waals surface area contributed by atoms with Crippen LogP contribution in [0, 0.1) is 0 Å². The molecule has 1 fully saturated rings. The van der Waals surface area contributed by atoms with Crippen molar-refractivity contribution in [1.29, 1.82) is 0 Å². The van der Waals surface area contributed by atoms with Gasteiger partial charge in [-0.2, -0.15) is 0 Å². The van der Waals surface area contributed by atoms with Crippen LogP contribution in [0.1, 0.15) is 27.6 Å². The highest BCUT2D eigenvalue weighted by molar-refractivity contribution is 5.97. The van der Waals surface area contributed by atoms with E-state index in [1.165, 1.54) is 0 Å². The minimum Gasteiger partial charge on any atom is -0.496 e. The van der Waals surface area contributed by atoms with Crippen LogP contribution in [0.5, 0.6) is 5.75 Å². The summed E-state index contributed by atoms with van der Waals surface area (Å²) < 4.78 is 5.29. The van der Waals surface area contributed by atoms with Gasteiger partial charge in [0, 0.05) is 37.4 Å². The van der Waals surface area contributed by atoms with E-state index in [1.54, 1.807) is 26.2 Å². The first-order valence-electron chi connectivity index (χ1n) is 8.38. The van der Waals surface area contributed by atoms with E-state index in [4.69, 9.17) is 4.74 Å². The van der Waals surface area contributed by atoms with Gasteiger partial charge in [0.05, 0.1) is 12.7 Å². The molecule has 1 heterocycles. The zero-order valence-corrected chi connectivity index (χ0v) is 14.6. The van der Waals surface area contributed by atoms with Gasteiger partial charge in [0.25, 0.3) is 5.91 Å². The molecular weight excluding hydrogens is 316 g/mol. The quantitative estimate of drug-likeness (QED) is 0.805. The zero-order chi connectivity index (χ0) is 17.8. The number of benzene rings is 2. The Hall–Kier alpha value is -2.82. The second kappa shape index (κ2) is 7.38. The Morgan fingerprint density at radius 3 is 2.16 bits per heavy atom. The summed E-state index contributed by atoms with van der Waals surface area (Å²) in [6.07, 6.45) is 0. The molecule has 1 aliphatic rings. The summed E-state index contributed by atoms with van der Waals surface area (Å²) in [5, 5.41) is 0. The molecule has 0 atom stereocenters. The fraction of sp³-hybridized carbons (Fsp3) is 0.300. The number of methoxy groups -OCH3 is 1. The number of para-hydroxylation sites is 1. The van der Waals surface area contributed by atoms with Crippen molar-refractivity contribution in [2.45, 2.75) is 6.92 Å². The van der Waals surface area contributed by atoms with E-state index in [0.717, 1.165) is 18.8 Å². The summed E-state index contributed by atoms with van der Waals surface area (Å²) >= 11 is 0. The number of ketones is 1. The molecule has 0 aliphatic carbocycles. The average Bonchev–Trinajstić information content (AvgIpc) is 2.67. The fourth-order valence-electron chi connectivity index (χ4n) is 3.07. The van der Waals surface area contributed by atoms with E-state index < -0.39 is 0 Å². The van der Waals surface area contributed by atoms with Crippen LogP contribution in [0.4, 0.5) is 5.69 Å². The molecule has 2 aromatic rings. The van der Waals surface area contributed by atoms with E-state index in [1.807, 2.05) is 41.3 Å². The zero-order valence-electron chi connectivity index (χ0n) is 14.6. The van der Waals surface area contributed by atoms with E-state index in [-0.39, 0.29) is 11.7 Å². The maximum absolute atomic E-state index is 12.7. The molecule has 5 heteroatoms. The third-order valence-electron chi connectivity index (χ3n) is 4.54. The second-order valence-electron chi connectivity index (χ2n) is 6.08. The number of hydrogen-bond donors (Lipinski definition) is 0. The number of carbonyl (C=O) groups excluding carboxylic acids is 2. The second-order valence-corrected chi connectivity index (χ2v) is 6.08. The van der Waals surface area contributed by atoms with Crippen molar-refractivity contribution in [2.75, 3.05) is 38.2 Å². The third-order valence-corrected chi connectivity index (χ3v) is 4.54. The molecule has 0 radical (unpaired) electrons. The highest BCUT2D eigenvalue weighted by atomic mass is 16.5. The molecule has 0 spiro atoms. The van der Waals surface area contributed by atoms with Crippen LogP contribution in [-0.2, 0) is 0 Å². The molecule has 2 aromatic carbocycles. The van der Waals surface area contributed by atoms with E-state index in [9.17, 15) is 9.59 Å². The summed E-state index contributed by atoms with van der Waals surface area (Å²) in [6.45, 7) is 4.41.